The van der Waals surface area contributed by atoms with Crippen molar-refractivity contribution in [1.82, 2.24) is 10.3 Å². The van der Waals surface area contributed by atoms with Crippen molar-refractivity contribution in [2.75, 3.05) is 19.4 Å². The minimum Gasteiger partial charge on any atom is -0.496 e. The highest BCUT2D eigenvalue weighted by Crippen LogP contribution is 2.43. The monoisotopic (exact) mass is 484 g/mol. The van der Waals surface area contributed by atoms with Crippen molar-refractivity contribution in [2.24, 2.45) is 5.73 Å². The zero-order valence-electron chi connectivity index (χ0n) is 18.9. The molecule has 1 saturated carbocycles. The van der Waals surface area contributed by atoms with Crippen molar-refractivity contribution in [3.05, 3.63) is 58.4 Å². The molecule has 1 aromatic heterocycles. The van der Waals surface area contributed by atoms with E-state index in [0.717, 1.165) is 5.69 Å². The van der Waals surface area contributed by atoms with Gasteiger partial charge in [0, 0.05) is 28.1 Å². The Hall–Kier alpha value is -3.52. The predicted molar refractivity (Wildman–Crippen MR) is 131 cm³/mol. The first kappa shape index (κ1) is 23.6. The zero-order chi connectivity index (χ0) is 24.6. The first-order valence-electron chi connectivity index (χ1n) is 10.9. The van der Waals surface area contributed by atoms with E-state index in [1.165, 1.54) is 7.11 Å². The summed E-state index contributed by atoms with van der Waals surface area (Å²) in [6.45, 7) is 1.90. The Kier molecular flexibility index (Phi) is 6.27. The van der Waals surface area contributed by atoms with Crippen molar-refractivity contribution in [1.29, 1.82) is 0 Å². The molecule has 0 bridgehead atoms. The number of aromatic amines is 1. The lowest BCUT2D eigenvalue weighted by Gasteiger charge is -2.14. The van der Waals surface area contributed by atoms with E-state index in [4.69, 9.17) is 27.8 Å². The summed E-state index contributed by atoms with van der Waals surface area (Å²) in [4.78, 5) is 28.2. The van der Waals surface area contributed by atoms with E-state index in [2.05, 4.69) is 10.3 Å². The number of halogens is 2. The molecule has 1 aliphatic rings. The molecule has 2 aromatic carbocycles. The third kappa shape index (κ3) is 4.46. The number of nitrogen functional groups attached to an aromatic ring is 1. The molecule has 0 saturated heterocycles. The number of amides is 2. The highest BCUT2D eigenvalue weighted by molar-refractivity contribution is 6.34. The van der Waals surface area contributed by atoms with Crippen LogP contribution in [0.1, 0.15) is 46.3 Å². The summed E-state index contributed by atoms with van der Waals surface area (Å²) >= 11 is 6.52. The van der Waals surface area contributed by atoms with Crippen LogP contribution in [-0.4, -0.2) is 36.1 Å². The molecule has 1 fully saturated rings. The second kappa shape index (κ2) is 9.02. The van der Waals surface area contributed by atoms with E-state index in [0.29, 0.717) is 52.2 Å². The number of rotatable bonds is 8. The number of methoxy groups -OCH3 is 1. The Bertz CT molecular complexity index is 1280. The van der Waals surface area contributed by atoms with Gasteiger partial charge in [0.25, 0.3) is 11.8 Å². The predicted octanol–water partition coefficient (Wildman–Crippen LogP) is 4.49. The Morgan fingerprint density at radius 3 is 2.53 bits per heavy atom. The van der Waals surface area contributed by atoms with Crippen molar-refractivity contribution in [3.63, 3.8) is 0 Å². The molecular formula is C25H26ClFN4O3. The van der Waals surface area contributed by atoms with Crippen LogP contribution in [0.2, 0.25) is 5.02 Å². The fourth-order valence-electron chi connectivity index (χ4n) is 4.00. The number of benzene rings is 2. The number of H-pyrrole nitrogens is 1. The van der Waals surface area contributed by atoms with Gasteiger partial charge >= 0.3 is 0 Å². The molecule has 1 heterocycles. The van der Waals surface area contributed by atoms with Crippen LogP contribution in [0.25, 0.3) is 22.3 Å². The third-order valence-corrected chi connectivity index (χ3v) is 6.35. The highest BCUT2D eigenvalue weighted by Gasteiger charge is 2.43. The van der Waals surface area contributed by atoms with Crippen LogP contribution < -0.4 is 21.5 Å². The molecule has 0 radical (unpaired) electrons. The second-order valence-electron chi connectivity index (χ2n) is 8.43. The van der Waals surface area contributed by atoms with Crippen LogP contribution >= 0.6 is 11.6 Å². The molecule has 9 heteroatoms. The van der Waals surface area contributed by atoms with E-state index in [-0.39, 0.29) is 23.6 Å². The minimum atomic E-state index is -1.31. The molecule has 1 aliphatic carbocycles. The molecule has 34 heavy (non-hydrogen) atoms. The molecule has 6 N–H and O–H groups in total. The minimum absolute atomic E-state index is 0.0416. The lowest BCUT2D eigenvalue weighted by Crippen LogP contribution is -2.31. The lowest BCUT2D eigenvalue weighted by molar-refractivity contribution is 0.0933. The maximum absolute atomic E-state index is 14.0. The Morgan fingerprint density at radius 1 is 1.21 bits per heavy atom. The first-order valence-corrected chi connectivity index (χ1v) is 11.3. The Morgan fingerprint density at radius 2 is 1.94 bits per heavy atom. The lowest BCUT2D eigenvalue weighted by atomic mass is 9.93. The highest BCUT2D eigenvalue weighted by atomic mass is 35.5. The fraction of sp³-hybridized carbons (Fsp3) is 0.280. The summed E-state index contributed by atoms with van der Waals surface area (Å²) in [5, 5.41) is 3.05. The molecule has 0 unspecified atom stereocenters. The largest absolute Gasteiger partial charge is 0.496 e. The second-order valence-corrected chi connectivity index (χ2v) is 8.84. The van der Waals surface area contributed by atoms with Crippen molar-refractivity contribution >= 4 is 29.1 Å². The number of anilines is 1. The van der Waals surface area contributed by atoms with E-state index in [1.54, 1.807) is 36.4 Å². The van der Waals surface area contributed by atoms with Gasteiger partial charge in [0.1, 0.15) is 17.1 Å². The number of carbonyl (C=O) groups is 2. The van der Waals surface area contributed by atoms with Gasteiger partial charge in [-0.2, -0.15) is 0 Å². The SMILES string of the molecule is CCc1[nH]c(C(N)=O)c(-c2ccc(C(=O)NCC3(F)CC3)c(OC)c2)c1-c1ccc(N)cc1Cl. The molecular weight excluding hydrogens is 459 g/mol. The summed E-state index contributed by atoms with van der Waals surface area (Å²) in [6, 6.07) is 10.1. The van der Waals surface area contributed by atoms with Gasteiger partial charge in [-0.25, -0.2) is 4.39 Å². The standard InChI is InChI=1S/C25H26ClFN4O3/c1-3-18-21(15-7-5-14(28)11-17(15)26)20(22(31-18)23(29)32)13-4-6-16(19(10-13)34-2)24(33)30-12-25(27)8-9-25/h4-7,10-11,31H,3,8-9,12,28H2,1-2H3,(H2,29,32)(H,30,33). The Labute approximate surface area is 201 Å². The van der Waals surface area contributed by atoms with Crippen molar-refractivity contribution in [3.8, 4) is 28.0 Å². The number of carbonyl (C=O) groups excluding carboxylic acids is 2. The molecule has 2 amide bonds. The van der Waals surface area contributed by atoms with Crippen LogP contribution in [-0.2, 0) is 6.42 Å². The number of hydrogen-bond acceptors (Lipinski definition) is 4. The van der Waals surface area contributed by atoms with Gasteiger partial charge in [0.05, 0.1) is 24.2 Å². The number of nitrogens with two attached hydrogens (primary N) is 2. The zero-order valence-corrected chi connectivity index (χ0v) is 19.7. The third-order valence-electron chi connectivity index (χ3n) is 6.03. The number of primary amides is 1. The first-order chi connectivity index (χ1) is 16.2. The molecule has 0 aliphatic heterocycles. The number of alkyl halides is 1. The van der Waals surface area contributed by atoms with E-state index >= 15 is 0 Å². The van der Waals surface area contributed by atoms with Crippen LogP contribution in [0.4, 0.5) is 10.1 Å². The van der Waals surface area contributed by atoms with Gasteiger partial charge in [0.15, 0.2) is 0 Å². The van der Waals surface area contributed by atoms with Gasteiger partial charge in [-0.15, -0.1) is 0 Å². The number of nitrogens with one attached hydrogen (secondary N) is 2. The van der Waals surface area contributed by atoms with E-state index in [9.17, 15) is 14.0 Å². The molecule has 4 rings (SSSR count). The normalized spacial score (nSPS) is 14.0. The number of ether oxygens (including phenoxy) is 1. The number of aryl methyl sites for hydroxylation is 1. The van der Waals surface area contributed by atoms with Gasteiger partial charge in [-0.05, 0) is 49.1 Å². The summed E-state index contributed by atoms with van der Waals surface area (Å²) < 4.78 is 19.4. The fourth-order valence-corrected chi connectivity index (χ4v) is 4.29. The summed E-state index contributed by atoms with van der Waals surface area (Å²) in [5.41, 5.74) is 14.6. The average Bonchev–Trinajstić information content (AvgIpc) is 3.42. The van der Waals surface area contributed by atoms with Gasteiger partial charge < -0.3 is 26.5 Å². The molecule has 0 spiro atoms. The smallest absolute Gasteiger partial charge is 0.265 e. The van der Waals surface area contributed by atoms with Crippen LogP contribution in [0, 0.1) is 0 Å². The molecule has 0 atom stereocenters. The van der Waals surface area contributed by atoms with Crippen LogP contribution in [0.3, 0.4) is 0 Å². The summed E-state index contributed by atoms with van der Waals surface area (Å²) in [7, 11) is 1.44. The summed E-state index contributed by atoms with van der Waals surface area (Å²) in [5.74, 6) is -0.795. The molecule has 7 nitrogen and oxygen atoms in total. The molecule has 178 valence electrons. The maximum atomic E-state index is 14.0. The summed E-state index contributed by atoms with van der Waals surface area (Å²) in [6.07, 6.45) is 1.48. The van der Waals surface area contributed by atoms with Gasteiger partial charge in [-0.3, -0.25) is 9.59 Å². The van der Waals surface area contributed by atoms with Crippen LogP contribution in [0.5, 0.6) is 5.75 Å². The van der Waals surface area contributed by atoms with E-state index < -0.39 is 17.5 Å². The van der Waals surface area contributed by atoms with Crippen molar-refractivity contribution < 1.29 is 18.7 Å². The topological polar surface area (TPSA) is 123 Å². The van der Waals surface area contributed by atoms with Crippen LogP contribution in [0.15, 0.2) is 36.4 Å². The number of aromatic nitrogens is 1. The van der Waals surface area contributed by atoms with Crippen molar-refractivity contribution in [2.45, 2.75) is 31.9 Å². The Balaban J connectivity index is 1.84. The van der Waals surface area contributed by atoms with E-state index in [1.807, 2.05) is 6.92 Å². The molecule has 3 aromatic rings. The quantitative estimate of drug-likeness (QED) is 0.352. The van der Waals surface area contributed by atoms with Gasteiger partial charge in [0.2, 0.25) is 0 Å². The average molecular weight is 485 g/mol. The number of hydrogen-bond donors (Lipinski definition) is 4. The maximum Gasteiger partial charge on any atom is 0.265 e. The van der Waals surface area contributed by atoms with Gasteiger partial charge in [-0.1, -0.05) is 30.7 Å².